The number of nitrogens with zero attached hydrogens (tertiary/aromatic N) is 2. The van der Waals surface area contributed by atoms with E-state index in [0.29, 0.717) is 5.69 Å². The van der Waals surface area contributed by atoms with Gasteiger partial charge in [-0.3, -0.25) is 19.7 Å². The van der Waals surface area contributed by atoms with Crippen LogP contribution in [0.4, 0.5) is 11.4 Å². The molecule has 0 unspecified atom stereocenters. The lowest BCUT2D eigenvalue weighted by Gasteiger charge is -2.09. The molecule has 30 heavy (non-hydrogen) atoms. The summed E-state index contributed by atoms with van der Waals surface area (Å²) in [4.78, 5) is 34.2. The largest absolute Gasteiger partial charge is 0.504 e. The number of hydrogen-bond donors (Lipinski definition) is 3. The fourth-order valence-electron chi connectivity index (χ4n) is 2.60. The van der Waals surface area contributed by atoms with Gasteiger partial charge in [0.2, 0.25) is 11.8 Å². The SMILES string of the molecule is COc1cc([N+](=O)[O-])cc(/C=N/NC(=O)CCC(=O)Nc2ccc(C)cc2C)c1O. The van der Waals surface area contributed by atoms with E-state index in [0.717, 1.165) is 29.5 Å². The molecule has 2 rings (SSSR count). The summed E-state index contributed by atoms with van der Waals surface area (Å²) in [5.41, 5.74) is 4.58. The maximum absolute atomic E-state index is 12.0. The zero-order valence-corrected chi connectivity index (χ0v) is 16.8. The van der Waals surface area contributed by atoms with Crippen LogP contribution in [0.5, 0.6) is 11.5 Å². The molecule has 0 bridgehead atoms. The van der Waals surface area contributed by atoms with Crippen molar-refractivity contribution in [1.29, 1.82) is 0 Å². The highest BCUT2D eigenvalue weighted by Crippen LogP contribution is 2.33. The number of hydrogen-bond acceptors (Lipinski definition) is 7. The molecule has 0 fully saturated rings. The first kappa shape index (κ1) is 22.3. The molecule has 10 nitrogen and oxygen atoms in total. The number of nitrogens with one attached hydrogen (secondary N) is 2. The van der Waals surface area contributed by atoms with Crippen LogP contribution >= 0.6 is 0 Å². The van der Waals surface area contributed by atoms with Gasteiger partial charge in [-0.25, -0.2) is 5.43 Å². The van der Waals surface area contributed by atoms with Gasteiger partial charge in [-0.15, -0.1) is 0 Å². The first-order valence-corrected chi connectivity index (χ1v) is 8.95. The van der Waals surface area contributed by atoms with Crippen LogP contribution in [0.25, 0.3) is 0 Å². The predicted molar refractivity (Wildman–Crippen MR) is 111 cm³/mol. The molecule has 3 N–H and O–H groups in total. The number of methoxy groups -OCH3 is 1. The highest BCUT2D eigenvalue weighted by atomic mass is 16.6. The molecule has 2 aromatic carbocycles. The number of amides is 2. The predicted octanol–water partition coefficient (Wildman–Crippen LogP) is 2.79. The van der Waals surface area contributed by atoms with Crippen LogP contribution in [0.15, 0.2) is 35.4 Å². The van der Waals surface area contributed by atoms with E-state index >= 15 is 0 Å². The molecule has 0 spiro atoms. The number of aromatic hydroxyl groups is 1. The molecular weight excluding hydrogens is 392 g/mol. The highest BCUT2D eigenvalue weighted by Gasteiger charge is 2.16. The quantitative estimate of drug-likeness (QED) is 0.344. The Morgan fingerprint density at radius 1 is 1.20 bits per heavy atom. The number of hydrazone groups is 1. The van der Waals surface area contributed by atoms with Crippen LogP contribution < -0.4 is 15.5 Å². The van der Waals surface area contributed by atoms with Crippen LogP contribution in [-0.4, -0.2) is 35.2 Å². The number of non-ortho nitro benzene ring substituents is 1. The first-order valence-electron chi connectivity index (χ1n) is 8.95. The van der Waals surface area contributed by atoms with Crippen molar-refractivity contribution in [3.63, 3.8) is 0 Å². The summed E-state index contributed by atoms with van der Waals surface area (Å²) in [5, 5.41) is 27.4. The number of benzene rings is 2. The van der Waals surface area contributed by atoms with Gasteiger partial charge in [0.05, 0.1) is 24.3 Å². The van der Waals surface area contributed by atoms with E-state index in [2.05, 4.69) is 15.8 Å². The number of carbonyl (C=O) groups excluding carboxylic acids is 2. The second-order valence-corrected chi connectivity index (χ2v) is 6.50. The smallest absolute Gasteiger partial charge is 0.274 e. The lowest BCUT2D eigenvalue weighted by atomic mass is 10.1. The van der Waals surface area contributed by atoms with Crippen molar-refractivity contribution in [3.05, 3.63) is 57.1 Å². The molecule has 0 aliphatic rings. The summed E-state index contributed by atoms with van der Waals surface area (Å²) >= 11 is 0. The summed E-state index contributed by atoms with van der Waals surface area (Å²) in [6.45, 7) is 3.83. The molecule has 158 valence electrons. The van der Waals surface area contributed by atoms with Crippen molar-refractivity contribution in [3.8, 4) is 11.5 Å². The van der Waals surface area contributed by atoms with Gasteiger partial charge < -0.3 is 15.2 Å². The van der Waals surface area contributed by atoms with E-state index in [1.807, 2.05) is 26.0 Å². The van der Waals surface area contributed by atoms with E-state index < -0.39 is 10.8 Å². The van der Waals surface area contributed by atoms with Crippen molar-refractivity contribution >= 4 is 29.4 Å². The maximum Gasteiger partial charge on any atom is 0.274 e. The van der Waals surface area contributed by atoms with E-state index in [1.54, 1.807) is 6.07 Å². The van der Waals surface area contributed by atoms with Crippen LogP contribution in [-0.2, 0) is 9.59 Å². The minimum Gasteiger partial charge on any atom is -0.504 e. The molecule has 0 atom stereocenters. The van der Waals surface area contributed by atoms with Crippen LogP contribution in [0, 0.1) is 24.0 Å². The van der Waals surface area contributed by atoms with Crippen LogP contribution in [0.2, 0.25) is 0 Å². The van der Waals surface area contributed by atoms with Crippen LogP contribution in [0.3, 0.4) is 0 Å². The highest BCUT2D eigenvalue weighted by molar-refractivity contribution is 5.94. The molecule has 2 amide bonds. The number of anilines is 1. The fraction of sp³-hybridized carbons (Fsp3) is 0.250. The van der Waals surface area contributed by atoms with Gasteiger partial charge in [0, 0.05) is 30.2 Å². The Morgan fingerprint density at radius 2 is 1.90 bits per heavy atom. The first-order chi connectivity index (χ1) is 14.2. The normalized spacial score (nSPS) is 10.6. The summed E-state index contributed by atoms with van der Waals surface area (Å²) < 4.78 is 4.88. The summed E-state index contributed by atoms with van der Waals surface area (Å²) in [7, 11) is 1.25. The molecule has 0 aliphatic heterocycles. The molecule has 10 heteroatoms. The van der Waals surface area contributed by atoms with Gasteiger partial charge in [0.1, 0.15) is 0 Å². The molecule has 2 aromatic rings. The molecule has 0 heterocycles. The third-order valence-corrected chi connectivity index (χ3v) is 4.15. The van der Waals surface area contributed by atoms with Gasteiger partial charge in [0.25, 0.3) is 5.69 Å². The Hall–Kier alpha value is -3.95. The zero-order chi connectivity index (χ0) is 22.3. The van der Waals surface area contributed by atoms with Crippen molar-refractivity contribution in [2.24, 2.45) is 5.10 Å². The minimum absolute atomic E-state index is 0.00561. The van der Waals surface area contributed by atoms with Gasteiger partial charge in [-0.2, -0.15) is 5.10 Å². The number of ether oxygens (including phenoxy) is 1. The number of rotatable bonds is 8. The Morgan fingerprint density at radius 3 is 2.53 bits per heavy atom. The minimum atomic E-state index is -0.647. The summed E-state index contributed by atoms with van der Waals surface area (Å²) in [6.07, 6.45) is 0.890. The van der Waals surface area contributed by atoms with Gasteiger partial charge in [-0.05, 0) is 25.5 Å². The van der Waals surface area contributed by atoms with Crippen molar-refractivity contribution in [2.75, 3.05) is 12.4 Å². The van der Waals surface area contributed by atoms with Gasteiger partial charge in [-0.1, -0.05) is 17.7 Å². The number of aryl methyl sites for hydroxylation is 2. The number of phenolic OH excluding ortho intramolecular Hbond substituents is 1. The number of nitro groups is 1. The number of nitro benzene ring substituents is 1. The summed E-state index contributed by atoms with van der Waals surface area (Å²) in [6, 6.07) is 7.77. The Bertz CT molecular complexity index is 1000. The van der Waals surface area contributed by atoms with Gasteiger partial charge >= 0.3 is 0 Å². The third kappa shape index (κ3) is 6.03. The molecule has 0 saturated carbocycles. The average Bonchev–Trinajstić information content (AvgIpc) is 2.69. The van der Waals surface area contributed by atoms with Crippen LogP contribution in [0.1, 0.15) is 29.5 Å². The zero-order valence-electron chi connectivity index (χ0n) is 16.8. The summed E-state index contributed by atoms with van der Waals surface area (Å²) in [5.74, 6) is -1.30. The van der Waals surface area contributed by atoms with Crippen molar-refractivity contribution < 1.29 is 24.4 Å². The van der Waals surface area contributed by atoms with E-state index in [9.17, 15) is 24.8 Å². The Labute approximate surface area is 172 Å². The standard InChI is InChI=1S/C20H22N4O6/c1-12-4-5-16(13(2)8-12)22-18(25)6-7-19(26)23-21-11-14-9-15(24(28)29)10-17(30-3)20(14)27/h4-5,8-11,27H,6-7H2,1-3H3,(H,22,25)(H,23,26)/b21-11+. The topological polar surface area (TPSA) is 143 Å². The lowest BCUT2D eigenvalue weighted by Crippen LogP contribution is -2.21. The van der Waals surface area contributed by atoms with Crippen molar-refractivity contribution in [1.82, 2.24) is 5.43 Å². The third-order valence-electron chi connectivity index (χ3n) is 4.15. The molecule has 0 aliphatic carbocycles. The second-order valence-electron chi connectivity index (χ2n) is 6.50. The Balaban J connectivity index is 1.91. The molecular formula is C20H22N4O6. The second kappa shape index (κ2) is 10.0. The van der Waals surface area contributed by atoms with E-state index in [1.165, 1.54) is 7.11 Å². The maximum atomic E-state index is 12.0. The molecule has 0 saturated heterocycles. The molecule has 0 radical (unpaired) electrons. The average molecular weight is 414 g/mol. The molecule has 0 aromatic heterocycles. The Kier molecular flexibility index (Phi) is 7.45. The monoisotopic (exact) mass is 414 g/mol. The van der Waals surface area contributed by atoms with E-state index in [4.69, 9.17) is 4.74 Å². The van der Waals surface area contributed by atoms with Gasteiger partial charge in [0.15, 0.2) is 11.5 Å². The van der Waals surface area contributed by atoms with Crippen molar-refractivity contribution in [2.45, 2.75) is 26.7 Å². The fourth-order valence-corrected chi connectivity index (χ4v) is 2.60. The van der Waals surface area contributed by atoms with E-state index in [-0.39, 0.29) is 41.5 Å². The number of carbonyl (C=O) groups is 2. The lowest BCUT2D eigenvalue weighted by molar-refractivity contribution is -0.385. The number of phenols is 1.